The molecule has 0 aliphatic rings. The van der Waals surface area contributed by atoms with Crippen LogP contribution in [0.15, 0.2) is 35.3 Å². The van der Waals surface area contributed by atoms with Gasteiger partial charge >= 0.3 is 5.97 Å². The van der Waals surface area contributed by atoms with Crippen molar-refractivity contribution >= 4 is 23.5 Å². The summed E-state index contributed by atoms with van der Waals surface area (Å²) < 4.78 is 0. The number of nitrogens with zero attached hydrogens (tertiary/aromatic N) is 1. The third-order valence-corrected chi connectivity index (χ3v) is 2.80. The van der Waals surface area contributed by atoms with Gasteiger partial charge in [0, 0.05) is 11.6 Å². The molecule has 3 N–H and O–H groups in total. The van der Waals surface area contributed by atoms with E-state index in [1.807, 2.05) is 18.2 Å². The summed E-state index contributed by atoms with van der Waals surface area (Å²) in [5.74, 6) is -1.12. The summed E-state index contributed by atoms with van der Waals surface area (Å²) in [5, 5.41) is 12.2. The van der Waals surface area contributed by atoms with E-state index >= 15 is 0 Å². The number of nitrogens with one attached hydrogen (secondary N) is 2. The van der Waals surface area contributed by atoms with Crippen LogP contribution in [0.1, 0.15) is 15.9 Å². The fraction of sp³-hybridized carbons (Fsp3) is 0.0833. The average molecular weight is 280 g/mol. The molecule has 0 aliphatic heterocycles. The van der Waals surface area contributed by atoms with Crippen LogP contribution in [0.3, 0.4) is 0 Å². The number of aromatic nitrogens is 2. The number of carboxylic acids is 1. The van der Waals surface area contributed by atoms with E-state index in [0.29, 0.717) is 11.6 Å². The van der Waals surface area contributed by atoms with Crippen LogP contribution in [0, 0.1) is 0 Å². The van der Waals surface area contributed by atoms with Crippen molar-refractivity contribution in [2.24, 2.45) is 0 Å². The zero-order valence-corrected chi connectivity index (χ0v) is 10.4. The Labute approximate surface area is 113 Å². The van der Waals surface area contributed by atoms with E-state index in [4.69, 9.17) is 16.7 Å². The van der Waals surface area contributed by atoms with Gasteiger partial charge in [0.2, 0.25) is 5.95 Å². The van der Waals surface area contributed by atoms with Crippen molar-refractivity contribution in [2.45, 2.75) is 6.54 Å². The van der Waals surface area contributed by atoms with E-state index in [1.165, 1.54) is 0 Å². The van der Waals surface area contributed by atoms with Gasteiger partial charge in [-0.2, -0.15) is 0 Å². The summed E-state index contributed by atoms with van der Waals surface area (Å²) >= 11 is 5.98. The zero-order valence-electron chi connectivity index (χ0n) is 9.68. The molecule has 19 heavy (non-hydrogen) atoms. The maximum Gasteiger partial charge on any atom is 0.342 e. The van der Waals surface area contributed by atoms with Gasteiger partial charge in [-0.05, 0) is 11.6 Å². The summed E-state index contributed by atoms with van der Waals surface area (Å²) in [4.78, 5) is 28.2. The standard InChI is InChI=1S/C12H10ClN3O3/c13-9-4-2-1-3-7(9)5-14-12-15-6-8(11(18)19)10(17)16-12/h1-4,6H,5H2,(H,18,19)(H2,14,15,16,17). The van der Waals surface area contributed by atoms with Crippen LogP contribution in [0.25, 0.3) is 0 Å². The van der Waals surface area contributed by atoms with Crippen molar-refractivity contribution in [3.8, 4) is 0 Å². The van der Waals surface area contributed by atoms with E-state index < -0.39 is 17.1 Å². The van der Waals surface area contributed by atoms with E-state index in [9.17, 15) is 9.59 Å². The number of hydrogen-bond donors (Lipinski definition) is 3. The minimum Gasteiger partial charge on any atom is -0.477 e. The Morgan fingerprint density at radius 1 is 1.42 bits per heavy atom. The summed E-state index contributed by atoms with van der Waals surface area (Å²) in [6.07, 6.45) is 1.01. The molecule has 98 valence electrons. The van der Waals surface area contributed by atoms with Crippen molar-refractivity contribution in [1.29, 1.82) is 0 Å². The van der Waals surface area contributed by atoms with Crippen LogP contribution in [-0.4, -0.2) is 21.0 Å². The predicted octanol–water partition coefficient (Wildman–Crippen LogP) is 1.73. The number of halogens is 1. The van der Waals surface area contributed by atoms with Gasteiger partial charge in [0.1, 0.15) is 5.56 Å². The van der Waals surface area contributed by atoms with Crippen LogP contribution in [0.5, 0.6) is 0 Å². The van der Waals surface area contributed by atoms with Gasteiger partial charge in [0.05, 0.1) is 6.20 Å². The molecule has 1 aromatic heterocycles. The monoisotopic (exact) mass is 279 g/mol. The first-order valence-electron chi connectivity index (χ1n) is 5.38. The van der Waals surface area contributed by atoms with E-state index in [0.717, 1.165) is 11.8 Å². The molecule has 2 aromatic rings. The highest BCUT2D eigenvalue weighted by atomic mass is 35.5. The van der Waals surface area contributed by atoms with Gasteiger partial charge in [-0.25, -0.2) is 9.78 Å². The van der Waals surface area contributed by atoms with Gasteiger partial charge in [-0.15, -0.1) is 0 Å². The van der Waals surface area contributed by atoms with Gasteiger partial charge in [-0.1, -0.05) is 29.8 Å². The Kier molecular flexibility index (Phi) is 3.82. The summed E-state index contributed by atoms with van der Waals surface area (Å²) in [6.45, 7) is 0.370. The van der Waals surface area contributed by atoms with Crippen LogP contribution >= 0.6 is 11.6 Å². The second-order valence-corrected chi connectivity index (χ2v) is 4.13. The maximum absolute atomic E-state index is 11.4. The molecule has 2 rings (SSSR count). The predicted molar refractivity (Wildman–Crippen MR) is 70.6 cm³/mol. The number of benzene rings is 1. The van der Waals surface area contributed by atoms with Crippen LogP contribution in [0.4, 0.5) is 5.95 Å². The molecule has 0 unspecified atom stereocenters. The Balaban J connectivity index is 2.13. The Bertz CT molecular complexity index is 669. The lowest BCUT2D eigenvalue weighted by molar-refractivity contribution is 0.0694. The number of aromatic amines is 1. The van der Waals surface area contributed by atoms with Crippen molar-refractivity contribution in [3.05, 3.63) is 57.0 Å². The minimum absolute atomic E-state index is 0.190. The SMILES string of the molecule is O=C(O)c1cnc(NCc2ccccc2Cl)[nH]c1=O. The summed E-state index contributed by atoms with van der Waals surface area (Å²) in [7, 11) is 0. The molecule has 0 spiro atoms. The van der Waals surface area contributed by atoms with Crippen molar-refractivity contribution < 1.29 is 9.90 Å². The normalized spacial score (nSPS) is 10.2. The number of anilines is 1. The number of aromatic carboxylic acids is 1. The molecule has 0 amide bonds. The molecule has 1 aromatic carbocycles. The van der Waals surface area contributed by atoms with Gasteiger partial charge in [0.15, 0.2) is 0 Å². The third kappa shape index (κ3) is 3.11. The first-order valence-corrected chi connectivity index (χ1v) is 5.75. The van der Waals surface area contributed by atoms with Crippen LogP contribution < -0.4 is 10.9 Å². The summed E-state index contributed by atoms with van der Waals surface area (Å²) in [5.41, 5.74) is -0.262. The molecular weight excluding hydrogens is 270 g/mol. The highest BCUT2D eigenvalue weighted by molar-refractivity contribution is 6.31. The number of rotatable bonds is 4. The topological polar surface area (TPSA) is 95.1 Å². The molecule has 0 fully saturated rings. The van der Waals surface area contributed by atoms with Gasteiger partial charge in [-0.3, -0.25) is 9.78 Å². The molecule has 0 radical (unpaired) electrons. The molecular formula is C12H10ClN3O3. The van der Waals surface area contributed by atoms with Crippen LogP contribution in [-0.2, 0) is 6.54 Å². The maximum atomic E-state index is 11.4. The molecule has 7 heteroatoms. The first kappa shape index (κ1) is 13.1. The highest BCUT2D eigenvalue weighted by Crippen LogP contribution is 2.15. The van der Waals surface area contributed by atoms with Gasteiger partial charge < -0.3 is 10.4 Å². The summed E-state index contributed by atoms with van der Waals surface area (Å²) in [6, 6.07) is 7.24. The largest absolute Gasteiger partial charge is 0.477 e. The second kappa shape index (κ2) is 5.53. The third-order valence-electron chi connectivity index (χ3n) is 2.43. The first-order chi connectivity index (χ1) is 9.08. The highest BCUT2D eigenvalue weighted by Gasteiger charge is 2.09. The van der Waals surface area contributed by atoms with E-state index in [2.05, 4.69) is 15.3 Å². The number of hydrogen-bond acceptors (Lipinski definition) is 4. The molecule has 0 saturated heterocycles. The molecule has 0 bridgehead atoms. The lowest BCUT2D eigenvalue weighted by Gasteiger charge is -2.06. The zero-order chi connectivity index (χ0) is 13.8. The number of carboxylic acid groups (broad SMARTS) is 1. The van der Waals surface area contributed by atoms with Crippen LogP contribution in [0.2, 0.25) is 5.02 Å². The lowest BCUT2D eigenvalue weighted by atomic mass is 10.2. The van der Waals surface area contributed by atoms with Crippen molar-refractivity contribution in [2.75, 3.05) is 5.32 Å². The van der Waals surface area contributed by atoms with Crippen molar-refractivity contribution in [3.63, 3.8) is 0 Å². The quantitative estimate of drug-likeness (QED) is 0.792. The fourth-order valence-corrected chi connectivity index (χ4v) is 1.66. The molecule has 1 heterocycles. The lowest BCUT2D eigenvalue weighted by Crippen LogP contribution is -2.20. The smallest absolute Gasteiger partial charge is 0.342 e. The van der Waals surface area contributed by atoms with E-state index in [1.54, 1.807) is 6.07 Å². The molecule has 0 saturated carbocycles. The fourth-order valence-electron chi connectivity index (χ4n) is 1.46. The second-order valence-electron chi connectivity index (χ2n) is 3.72. The molecule has 0 atom stereocenters. The molecule has 6 nitrogen and oxygen atoms in total. The van der Waals surface area contributed by atoms with Crippen molar-refractivity contribution in [1.82, 2.24) is 9.97 Å². The Morgan fingerprint density at radius 2 is 2.16 bits per heavy atom. The number of carbonyl (C=O) groups is 1. The average Bonchev–Trinajstić information content (AvgIpc) is 2.37. The Morgan fingerprint density at radius 3 is 2.79 bits per heavy atom. The van der Waals surface area contributed by atoms with Gasteiger partial charge in [0.25, 0.3) is 5.56 Å². The Hall–Kier alpha value is -2.34. The number of H-pyrrole nitrogens is 1. The van der Waals surface area contributed by atoms with E-state index in [-0.39, 0.29) is 5.95 Å². The molecule has 0 aliphatic carbocycles. The minimum atomic E-state index is -1.31.